The molecular weight excluding hydrogens is 327 g/mol. The van der Waals surface area contributed by atoms with Gasteiger partial charge < -0.3 is 5.11 Å². The molecule has 1 saturated heterocycles. The standard InChI is InChI=1S/C14H14F3N5O2/c15-14(16,17)13-18-19-20-22(13)11-5-6-21(8-11)7-9-1-3-10(4-2-9)12(23)24/h1-4,11H,5-8H2,(H,23,24). The Morgan fingerprint density at radius 2 is 2.00 bits per heavy atom. The van der Waals surface area contributed by atoms with Crippen LogP contribution in [0.3, 0.4) is 0 Å². The Balaban J connectivity index is 1.66. The minimum absolute atomic E-state index is 0.196. The quantitative estimate of drug-likeness (QED) is 0.913. The first-order valence-corrected chi connectivity index (χ1v) is 7.24. The van der Waals surface area contributed by atoms with Crippen molar-refractivity contribution in [2.75, 3.05) is 13.1 Å². The Bertz CT molecular complexity index is 729. The van der Waals surface area contributed by atoms with Crippen LogP contribution in [-0.4, -0.2) is 49.3 Å². The first-order chi connectivity index (χ1) is 11.3. The van der Waals surface area contributed by atoms with E-state index in [0.717, 1.165) is 10.2 Å². The number of carbonyl (C=O) groups is 1. The topological polar surface area (TPSA) is 84.1 Å². The van der Waals surface area contributed by atoms with E-state index in [1.165, 1.54) is 12.1 Å². The lowest BCUT2D eigenvalue weighted by Gasteiger charge is -2.17. The molecule has 1 aliphatic heterocycles. The summed E-state index contributed by atoms with van der Waals surface area (Å²) in [6.07, 6.45) is -4.06. The van der Waals surface area contributed by atoms with E-state index in [0.29, 0.717) is 26.1 Å². The lowest BCUT2D eigenvalue weighted by Crippen LogP contribution is -2.24. The maximum absolute atomic E-state index is 12.9. The first kappa shape index (κ1) is 16.4. The van der Waals surface area contributed by atoms with Crippen molar-refractivity contribution in [2.24, 2.45) is 0 Å². The number of nitrogens with zero attached hydrogens (tertiary/aromatic N) is 5. The van der Waals surface area contributed by atoms with Crippen molar-refractivity contribution in [3.63, 3.8) is 0 Å². The predicted molar refractivity (Wildman–Crippen MR) is 75.2 cm³/mol. The summed E-state index contributed by atoms with van der Waals surface area (Å²) in [6, 6.07) is 5.99. The molecule has 0 saturated carbocycles. The zero-order valence-electron chi connectivity index (χ0n) is 12.4. The third kappa shape index (κ3) is 3.37. The van der Waals surface area contributed by atoms with E-state index < -0.39 is 24.0 Å². The summed E-state index contributed by atoms with van der Waals surface area (Å²) in [5.74, 6) is -2.08. The Morgan fingerprint density at radius 3 is 2.62 bits per heavy atom. The highest BCUT2D eigenvalue weighted by atomic mass is 19.4. The SMILES string of the molecule is O=C(O)c1ccc(CN2CCC(n3nnnc3C(F)(F)F)C2)cc1. The highest BCUT2D eigenvalue weighted by Crippen LogP contribution is 2.31. The summed E-state index contributed by atoms with van der Waals surface area (Å²) in [7, 11) is 0. The summed E-state index contributed by atoms with van der Waals surface area (Å²) >= 11 is 0. The molecule has 0 radical (unpaired) electrons. The summed E-state index contributed by atoms with van der Waals surface area (Å²) in [5.41, 5.74) is 1.09. The van der Waals surface area contributed by atoms with Gasteiger partial charge in [-0.2, -0.15) is 13.2 Å². The third-order valence-corrected chi connectivity index (χ3v) is 3.95. The molecular formula is C14H14F3N5O2. The van der Waals surface area contributed by atoms with Crippen molar-refractivity contribution in [1.82, 2.24) is 25.1 Å². The van der Waals surface area contributed by atoms with Gasteiger partial charge in [-0.1, -0.05) is 12.1 Å². The Morgan fingerprint density at radius 1 is 1.29 bits per heavy atom. The number of tetrazole rings is 1. The van der Waals surface area contributed by atoms with Crippen LogP contribution in [0.25, 0.3) is 0 Å². The molecule has 0 amide bonds. The number of aromatic carboxylic acids is 1. The predicted octanol–water partition coefficient (Wildman–Crippen LogP) is 1.84. The lowest BCUT2D eigenvalue weighted by atomic mass is 10.1. The smallest absolute Gasteiger partial charge is 0.453 e. The van der Waals surface area contributed by atoms with Gasteiger partial charge in [-0.15, -0.1) is 5.10 Å². The van der Waals surface area contributed by atoms with E-state index in [-0.39, 0.29) is 5.56 Å². The monoisotopic (exact) mass is 341 g/mol. The molecule has 7 nitrogen and oxygen atoms in total. The van der Waals surface area contributed by atoms with Crippen LogP contribution < -0.4 is 0 Å². The van der Waals surface area contributed by atoms with Crippen LogP contribution in [0.1, 0.15) is 34.2 Å². The van der Waals surface area contributed by atoms with Crippen molar-refractivity contribution in [2.45, 2.75) is 25.2 Å². The van der Waals surface area contributed by atoms with Crippen molar-refractivity contribution in [1.29, 1.82) is 0 Å². The summed E-state index contributed by atoms with van der Waals surface area (Å²) < 4.78 is 39.4. The van der Waals surface area contributed by atoms with E-state index in [1.807, 2.05) is 4.90 Å². The van der Waals surface area contributed by atoms with E-state index in [4.69, 9.17) is 5.11 Å². The molecule has 1 aromatic carbocycles. The third-order valence-electron chi connectivity index (χ3n) is 3.95. The van der Waals surface area contributed by atoms with Crippen molar-refractivity contribution in [3.8, 4) is 0 Å². The fraction of sp³-hybridized carbons (Fsp3) is 0.429. The minimum Gasteiger partial charge on any atom is -0.478 e. The van der Waals surface area contributed by atoms with Crippen LogP contribution in [0.2, 0.25) is 0 Å². The van der Waals surface area contributed by atoms with Crippen molar-refractivity contribution in [3.05, 3.63) is 41.2 Å². The second kappa shape index (κ2) is 6.19. The molecule has 0 aliphatic carbocycles. The van der Waals surface area contributed by atoms with Crippen LogP contribution in [0.4, 0.5) is 13.2 Å². The normalized spacial score (nSPS) is 18.9. The minimum atomic E-state index is -4.58. The average molecular weight is 341 g/mol. The number of rotatable bonds is 4. The maximum Gasteiger partial charge on any atom is 0.453 e. The molecule has 1 atom stereocenters. The molecule has 2 heterocycles. The summed E-state index contributed by atoms with van der Waals surface area (Å²) in [4.78, 5) is 12.8. The molecule has 10 heteroatoms. The molecule has 1 aromatic heterocycles. The van der Waals surface area contributed by atoms with Gasteiger partial charge in [0.25, 0.3) is 5.82 Å². The van der Waals surface area contributed by atoms with Gasteiger partial charge in [0.2, 0.25) is 0 Å². The van der Waals surface area contributed by atoms with E-state index in [1.54, 1.807) is 12.1 Å². The molecule has 1 N–H and O–H groups in total. The fourth-order valence-electron chi connectivity index (χ4n) is 2.79. The largest absolute Gasteiger partial charge is 0.478 e. The maximum atomic E-state index is 12.9. The molecule has 0 spiro atoms. The van der Waals surface area contributed by atoms with Gasteiger partial charge in [-0.25, -0.2) is 9.48 Å². The highest BCUT2D eigenvalue weighted by molar-refractivity contribution is 5.87. The highest BCUT2D eigenvalue weighted by Gasteiger charge is 2.40. The number of hydrogen-bond acceptors (Lipinski definition) is 5. The first-order valence-electron chi connectivity index (χ1n) is 7.24. The van der Waals surface area contributed by atoms with E-state index in [2.05, 4.69) is 15.5 Å². The van der Waals surface area contributed by atoms with Crippen LogP contribution in [0.5, 0.6) is 0 Å². The summed E-state index contributed by atoms with van der Waals surface area (Å²) in [6.45, 7) is 1.54. The van der Waals surface area contributed by atoms with Gasteiger partial charge in [-0.3, -0.25) is 4.90 Å². The molecule has 1 aliphatic rings. The number of hydrogen-bond donors (Lipinski definition) is 1. The molecule has 3 rings (SSSR count). The molecule has 2 aromatic rings. The van der Waals surface area contributed by atoms with Gasteiger partial charge in [0.1, 0.15) is 0 Å². The number of carboxylic acids is 1. The number of alkyl halides is 3. The van der Waals surface area contributed by atoms with Gasteiger partial charge in [0.05, 0.1) is 11.6 Å². The fourth-order valence-corrected chi connectivity index (χ4v) is 2.79. The number of benzene rings is 1. The lowest BCUT2D eigenvalue weighted by molar-refractivity contribution is -0.148. The Kier molecular flexibility index (Phi) is 4.22. The number of aromatic nitrogens is 4. The van der Waals surface area contributed by atoms with Crippen LogP contribution >= 0.6 is 0 Å². The van der Waals surface area contributed by atoms with E-state index in [9.17, 15) is 18.0 Å². The van der Waals surface area contributed by atoms with Crippen molar-refractivity contribution < 1.29 is 23.1 Å². The van der Waals surface area contributed by atoms with Gasteiger partial charge in [-0.05, 0) is 34.5 Å². The number of halogens is 3. The second-order valence-corrected chi connectivity index (χ2v) is 5.62. The molecule has 0 bridgehead atoms. The second-order valence-electron chi connectivity index (χ2n) is 5.62. The van der Waals surface area contributed by atoms with Gasteiger partial charge in [0, 0.05) is 19.6 Å². The average Bonchev–Trinajstić information content (AvgIpc) is 3.15. The molecule has 128 valence electrons. The van der Waals surface area contributed by atoms with Crippen molar-refractivity contribution >= 4 is 5.97 Å². The zero-order valence-corrected chi connectivity index (χ0v) is 12.4. The summed E-state index contributed by atoms with van der Waals surface area (Å²) in [5, 5.41) is 18.6. The van der Waals surface area contributed by atoms with Gasteiger partial charge >= 0.3 is 12.1 Å². The van der Waals surface area contributed by atoms with Gasteiger partial charge in [0.15, 0.2) is 0 Å². The molecule has 24 heavy (non-hydrogen) atoms. The number of likely N-dealkylation sites (tertiary alicyclic amines) is 1. The zero-order chi connectivity index (χ0) is 17.3. The Labute approximate surface area is 134 Å². The van der Waals surface area contributed by atoms with Crippen LogP contribution in [0, 0.1) is 0 Å². The molecule has 1 unspecified atom stereocenters. The van der Waals surface area contributed by atoms with Crippen LogP contribution in [-0.2, 0) is 12.7 Å². The molecule has 1 fully saturated rings. The Hall–Kier alpha value is -2.49. The van der Waals surface area contributed by atoms with E-state index >= 15 is 0 Å². The number of carboxylic acid groups (broad SMARTS) is 1. The van der Waals surface area contributed by atoms with Crippen LogP contribution in [0.15, 0.2) is 24.3 Å².